The Morgan fingerprint density at radius 1 is 1.44 bits per heavy atom. The fourth-order valence-corrected chi connectivity index (χ4v) is 1.39. The van der Waals surface area contributed by atoms with Gasteiger partial charge in [0.05, 0.1) is 0 Å². The number of hydrogen-bond donors (Lipinski definition) is 1. The molecule has 1 heterocycles. The zero-order valence-corrected chi connectivity index (χ0v) is 10.7. The molecule has 88 valence electrons. The molecule has 1 aromatic heterocycles. The Balaban J connectivity index is 2.63. The average Bonchev–Trinajstić information content (AvgIpc) is 2.27. The van der Waals surface area contributed by atoms with Crippen molar-refractivity contribution in [3.8, 4) is 0 Å². The zero-order valence-electron chi connectivity index (χ0n) is 10.7. The summed E-state index contributed by atoms with van der Waals surface area (Å²) in [6, 6.07) is 6.04. The maximum Gasteiger partial charge on any atom is 0.0477 e. The van der Waals surface area contributed by atoms with E-state index < -0.39 is 0 Å². The van der Waals surface area contributed by atoms with Gasteiger partial charge in [0.1, 0.15) is 0 Å². The average molecular weight is 218 g/mol. The highest BCUT2D eigenvalue weighted by Crippen LogP contribution is 2.20. The summed E-state index contributed by atoms with van der Waals surface area (Å²) in [5.41, 5.74) is 2.22. The zero-order chi connectivity index (χ0) is 12.2. The maximum atomic E-state index is 4.40. The van der Waals surface area contributed by atoms with Crippen LogP contribution in [0.3, 0.4) is 0 Å². The molecule has 16 heavy (non-hydrogen) atoms. The van der Waals surface area contributed by atoms with Crippen LogP contribution in [0.2, 0.25) is 0 Å². The molecule has 0 aromatic carbocycles. The first-order valence-corrected chi connectivity index (χ1v) is 5.77. The second-order valence-electron chi connectivity index (χ2n) is 5.13. The van der Waals surface area contributed by atoms with Crippen molar-refractivity contribution < 1.29 is 0 Å². The number of rotatable bonds is 5. The number of nitrogens with one attached hydrogen (secondary N) is 1. The minimum absolute atomic E-state index is 0.0269. The number of nitrogens with zero attached hydrogens (tertiary/aromatic N) is 1. The topological polar surface area (TPSA) is 24.9 Å². The summed E-state index contributed by atoms with van der Waals surface area (Å²) >= 11 is 0. The van der Waals surface area contributed by atoms with Gasteiger partial charge in [-0.05, 0) is 18.1 Å². The maximum absolute atomic E-state index is 4.40. The standard InChI is InChI=1S/C14H22N2/c1-11(2)12(3)16-10-14(4,5)13-8-6-7-9-15-13/h6-9,11,16H,3,10H2,1-2,4-5H3. The lowest BCUT2D eigenvalue weighted by atomic mass is 9.88. The summed E-state index contributed by atoms with van der Waals surface area (Å²) in [5.74, 6) is 0.472. The Morgan fingerprint density at radius 3 is 2.62 bits per heavy atom. The predicted molar refractivity (Wildman–Crippen MR) is 69.2 cm³/mol. The Morgan fingerprint density at radius 2 is 2.12 bits per heavy atom. The second kappa shape index (κ2) is 5.15. The molecule has 0 radical (unpaired) electrons. The summed E-state index contributed by atoms with van der Waals surface area (Å²) < 4.78 is 0. The Bertz CT molecular complexity index is 339. The van der Waals surface area contributed by atoms with E-state index in [1.54, 1.807) is 0 Å². The molecule has 0 aliphatic rings. The van der Waals surface area contributed by atoms with Gasteiger partial charge in [0.2, 0.25) is 0 Å². The number of pyridine rings is 1. The summed E-state index contributed by atoms with van der Waals surface area (Å²) in [4.78, 5) is 4.40. The Labute approximate surface area is 98.8 Å². The van der Waals surface area contributed by atoms with Crippen LogP contribution in [0.1, 0.15) is 33.4 Å². The van der Waals surface area contributed by atoms with Gasteiger partial charge in [-0.1, -0.05) is 40.3 Å². The van der Waals surface area contributed by atoms with Crippen LogP contribution >= 0.6 is 0 Å². The van der Waals surface area contributed by atoms with Crippen molar-refractivity contribution in [2.24, 2.45) is 5.92 Å². The molecule has 0 aliphatic carbocycles. The van der Waals surface area contributed by atoms with Gasteiger partial charge in [-0.3, -0.25) is 4.98 Å². The quantitative estimate of drug-likeness (QED) is 0.821. The molecule has 0 saturated heterocycles. The van der Waals surface area contributed by atoms with Crippen LogP contribution in [0.15, 0.2) is 36.7 Å². The molecule has 0 unspecified atom stereocenters. The minimum Gasteiger partial charge on any atom is -0.388 e. The van der Waals surface area contributed by atoms with Gasteiger partial charge in [0, 0.05) is 29.5 Å². The smallest absolute Gasteiger partial charge is 0.0477 e. The van der Waals surface area contributed by atoms with E-state index >= 15 is 0 Å². The lowest BCUT2D eigenvalue weighted by molar-refractivity contribution is 0.468. The molecular weight excluding hydrogens is 196 g/mol. The fraction of sp³-hybridized carbons (Fsp3) is 0.500. The number of aromatic nitrogens is 1. The normalized spacial score (nSPS) is 11.6. The third kappa shape index (κ3) is 3.37. The molecule has 1 rings (SSSR count). The summed E-state index contributed by atoms with van der Waals surface area (Å²) in [6.45, 7) is 13.5. The number of hydrogen-bond acceptors (Lipinski definition) is 2. The summed E-state index contributed by atoms with van der Waals surface area (Å²) in [5, 5.41) is 3.39. The molecule has 0 amide bonds. The van der Waals surface area contributed by atoms with Crippen LogP contribution in [-0.2, 0) is 5.41 Å². The van der Waals surface area contributed by atoms with Gasteiger partial charge < -0.3 is 5.32 Å². The highest BCUT2D eigenvalue weighted by molar-refractivity contribution is 5.15. The van der Waals surface area contributed by atoms with E-state index in [0.717, 1.165) is 17.9 Å². The SMILES string of the molecule is C=C(NCC(C)(C)c1ccccn1)C(C)C. The van der Waals surface area contributed by atoms with E-state index in [4.69, 9.17) is 0 Å². The van der Waals surface area contributed by atoms with Gasteiger partial charge in [0.15, 0.2) is 0 Å². The highest BCUT2D eigenvalue weighted by atomic mass is 14.9. The van der Waals surface area contributed by atoms with Crippen LogP contribution in [0.5, 0.6) is 0 Å². The van der Waals surface area contributed by atoms with E-state index in [-0.39, 0.29) is 5.41 Å². The second-order valence-corrected chi connectivity index (χ2v) is 5.13. The van der Waals surface area contributed by atoms with E-state index in [1.165, 1.54) is 0 Å². The van der Waals surface area contributed by atoms with Crippen molar-refractivity contribution in [2.45, 2.75) is 33.1 Å². The Hall–Kier alpha value is -1.31. The van der Waals surface area contributed by atoms with E-state index in [2.05, 4.69) is 50.6 Å². The Kier molecular flexibility index (Phi) is 4.11. The molecule has 1 aromatic rings. The summed E-state index contributed by atoms with van der Waals surface area (Å²) in [7, 11) is 0. The van der Waals surface area contributed by atoms with Crippen LogP contribution in [-0.4, -0.2) is 11.5 Å². The first-order valence-electron chi connectivity index (χ1n) is 5.77. The molecule has 0 bridgehead atoms. The molecule has 1 N–H and O–H groups in total. The minimum atomic E-state index is 0.0269. The summed E-state index contributed by atoms with van der Waals surface area (Å²) in [6.07, 6.45) is 1.84. The highest BCUT2D eigenvalue weighted by Gasteiger charge is 2.21. The third-order valence-electron chi connectivity index (χ3n) is 2.81. The van der Waals surface area contributed by atoms with E-state index in [9.17, 15) is 0 Å². The van der Waals surface area contributed by atoms with Gasteiger partial charge >= 0.3 is 0 Å². The van der Waals surface area contributed by atoms with Crippen LogP contribution < -0.4 is 5.32 Å². The molecule has 2 heteroatoms. The third-order valence-corrected chi connectivity index (χ3v) is 2.81. The molecule has 0 saturated carbocycles. The van der Waals surface area contributed by atoms with Gasteiger partial charge in [-0.25, -0.2) is 0 Å². The van der Waals surface area contributed by atoms with E-state index in [0.29, 0.717) is 5.92 Å². The van der Waals surface area contributed by atoms with Crippen molar-refractivity contribution >= 4 is 0 Å². The van der Waals surface area contributed by atoms with Gasteiger partial charge in [0.25, 0.3) is 0 Å². The largest absolute Gasteiger partial charge is 0.388 e. The van der Waals surface area contributed by atoms with Crippen LogP contribution in [0.4, 0.5) is 0 Å². The lowest BCUT2D eigenvalue weighted by Gasteiger charge is -2.26. The first-order chi connectivity index (χ1) is 7.43. The van der Waals surface area contributed by atoms with Crippen LogP contribution in [0, 0.1) is 5.92 Å². The molecule has 2 nitrogen and oxygen atoms in total. The van der Waals surface area contributed by atoms with Crippen molar-refractivity contribution in [2.75, 3.05) is 6.54 Å². The first kappa shape index (κ1) is 12.8. The van der Waals surface area contributed by atoms with Gasteiger partial charge in [-0.2, -0.15) is 0 Å². The van der Waals surface area contributed by atoms with Gasteiger partial charge in [-0.15, -0.1) is 0 Å². The van der Waals surface area contributed by atoms with Crippen molar-refractivity contribution in [1.29, 1.82) is 0 Å². The molecule has 0 atom stereocenters. The van der Waals surface area contributed by atoms with E-state index in [1.807, 2.05) is 18.3 Å². The fourth-order valence-electron chi connectivity index (χ4n) is 1.39. The van der Waals surface area contributed by atoms with Crippen LogP contribution in [0.25, 0.3) is 0 Å². The lowest BCUT2D eigenvalue weighted by Crippen LogP contribution is -2.34. The van der Waals surface area contributed by atoms with Crippen molar-refractivity contribution in [1.82, 2.24) is 10.3 Å². The molecule has 0 fully saturated rings. The molecular formula is C14H22N2. The predicted octanol–water partition coefficient (Wildman–Crippen LogP) is 3.12. The molecule has 0 spiro atoms. The van der Waals surface area contributed by atoms with Crippen molar-refractivity contribution in [3.63, 3.8) is 0 Å². The molecule has 0 aliphatic heterocycles. The number of allylic oxidation sites excluding steroid dienone is 1. The monoisotopic (exact) mass is 218 g/mol. The van der Waals surface area contributed by atoms with Crippen molar-refractivity contribution in [3.05, 3.63) is 42.4 Å².